The fourth-order valence-electron chi connectivity index (χ4n) is 2.75. The summed E-state index contributed by atoms with van der Waals surface area (Å²) in [6, 6.07) is 6.57. The highest BCUT2D eigenvalue weighted by Crippen LogP contribution is 2.14. The Kier molecular flexibility index (Phi) is 5.60. The van der Waals surface area contributed by atoms with E-state index in [1.54, 1.807) is 0 Å². The van der Waals surface area contributed by atoms with Gasteiger partial charge in [-0.2, -0.15) is 0 Å². The van der Waals surface area contributed by atoms with Gasteiger partial charge >= 0.3 is 0 Å². The van der Waals surface area contributed by atoms with Gasteiger partial charge in [0.1, 0.15) is 0 Å². The molecule has 1 aromatic carbocycles. The Morgan fingerprint density at radius 3 is 2.95 bits per heavy atom. The number of carbonyl (C=O) groups is 1. The highest BCUT2D eigenvalue weighted by atomic mass is 16.2. The molecule has 0 radical (unpaired) electrons. The molecule has 1 heterocycles. The van der Waals surface area contributed by atoms with Crippen molar-refractivity contribution in [3.8, 4) is 0 Å². The van der Waals surface area contributed by atoms with Gasteiger partial charge in [-0.1, -0.05) is 23.8 Å². The van der Waals surface area contributed by atoms with Crippen LogP contribution < -0.4 is 5.32 Å². The molecule has 0 saturated carbocycles. The summed E-state index contributed by atoms with van der Waals surface area (Å²) in [5.41, 5.74) is 4.02. The second-order valence-electron chi connectivity index (χ2n) is 5.77. The van der Waals surface area contributed by atoms with E-state index in [0.717, 1.165) is 45.4 Å². The first kappa shape index (κ1) is 15.0. The Morgan fingerprint density at radius 1 is 1.25 bits per heavy atom. The number of rotatable bonds is 4. The zero-order valence-electron chi connectivity index (χ0n) is 12.7. The van der Waals surface area contributed by atoms with Gasteiger partial charge in [-0.25, -0.2) is 0 Å². The lowest BCUT2D eigenvalue weighted by Crippen LogP contribution is -2.34. The zero-order chi connectivity index (χ0) is 14.4. The van der Waals surface area contributed by atoms with Gasteiger partial charge in [-0.05, 0) is 50.8 Å². The topological polar surface area (TPSA) is 32.3 Å². The van der Waals surface area contributed by atoms with E-state index in [9.17, 15) is 4.79 Å². The molecule has 0 spiro atoms. The van der Waals surface area contributed by atoms with Crippen LogP contribution in [-0.4, -0.2) is 37.0 Å². The summed E-state index contributed by atoms with van der Waals surface area (Å²) in [4.78, 5) is 14.2. The van der Waals surface area contributed by atoms with E-state index < -0.39 is 0 Å². The zero-order valence-corrected chi connectivity index (χ0v) is 12.7. The fraction of sp³-hybridized carbons (Fsp3) is 0.588. The SMILES string of the molecule is Cc1ccc(C)c(CCCC(=O)N2CCCNCC2)c1. The van der Waals surface area contributed by atoms with Crippen molar-refractivity contribution in [2.24, 2.45) is 0 Å². The molecule has 2 rings (SSSR count). The predicted molar refractivity (Wildman–Crippen MR) is 82.9 cm³/mol. The minimum absolute atomic E-state index is 0.319. The van der Waals surface area contributed by atoms with E-state index in [1.807, 2.05) is 4.90 Å². The van der Waals surface area contributed by atoms with Gasteiger partial charge < -0.3 is 10.2 Å². The smallest absolute Gasteiger partial charge is 0.222 e. The molecular weight excluding hydrogens is 248 g/mol. The minimum atomic E-state index is 0.319. The van der Waals surface area contributed by atoms with E-state index in [-0.39, 0.29) is 0 Å². The molecule has 1 amide bonds. The maximum absolute atomic E-state index is 12.2. The number of benzene rings is 1. The van der Waals surface area contributed by atoms with Crippen LogP contribution in [0.15, 0.2) is 18.2 Å². The van der Waals surface area contributed by atoms with Crippen molar-refractivity contribution in [1.29, 1.82) is 0 Å². The Morgan fingerprint density at radius 2 is 2.10 bits per heavy atom. The highest BCUT2D eigenvalue weighted by Gasteiger charge is 2.14. The second kappa shape index (κ2) is 7.44. The van der Waals surface area contributed by atoms with Gasteiger partial charge in [0, 0.05) is 26.1 Å². The molecule has 110 valence electrons. The van der Waals surface area contributed by atoms with Crippen LogP contribution in [0.25, 0.3) is 0 Å². The lowest BCUT2D eigenvalue weighted by molar-refractivity contribution is -0.131. The van der Waals surface area contributed by atoms with E-state index in [4.69, 9.17) is 0 Å². The van der Waals surface area contributed by atoms with Gasteiger partial charge in [-0.3, -0.25) is 4.79 Å². The Bertz CT molecular complexity index is 448. The van der Waals surface area contributed by atoms with Crippen molar-refractivity contribution < 1.29 is 4.79 Å². The molecule has 3 nitrogen and oxygen atoms in total. The number of hydrogen-bond donors (Lipinski definition) is 1. The third-order valence-electron chi connectivity index (χ3n) is 4.03. The Labute approximate surface area is 122 Å². The van der Waals surface area contributed by atoms with Crippen LogP contribution in [-0.2, 0) is 11.2 Å². The lowest BCUT2D eigenvalue weighted by atomic mass is 10.0. The summed E-state index contributed by atoms with van der Waals surface area (Å²) in [6.07, 6.45) is 3.70. The van der Waals surface area contributed by atoms with Crippen LogP contribution in [0.2, 0.25) is 0 Å². The molecule has 0 aromatic heterocycles. The first-order valence-corrected chi connectivity index (χ1v) is 7.71. The number of carbonyl (C=O) groups excluding carboxylic acids is 1. The van der Waals surface area contributed by atoms with Crippen molar-refractivity contribution in [3.63, 3.8) is 0 Å². The molecule has 0 aliphatic carbocycles. The normalized spacial score (nSPS) is 16.0. The van der Waals surface area contributed by atoms with E-state index in [0.29, 0.717) is 12.3 Å². The van der Waals surface area contributed by atoms with Crippen LogP contribution in [0.4, 0.5) is 0 Å². The van der Waals surface area contributed by atoms with Crippen molar-refractivity contribution in [2.75, 3.05) is 26.2 Å². The van der Waals surface area contributed by atoms with E-state index >= 15 is 0 Å². The van der Waals surface area contributed by atoms with Crippen LogP contribution in [0.5, 0.6) is 0 Å². The summed E-state index contributed by atoms with van der Waals surface area (Å²) >= 11 is 0. The maximum atomic E-state index is 12.2. The van der Waals surface area contributed by atoms with Gasteiger partial charge in [-0.15, -0.1) is 0 Å². The number of nitrogens with one attached hydrogen (secondary N) is 1. The maximum Gasteiger partial charge on any atom is 0.222 e. The molecule has 1 fully saturated rings. The molecule has 0 unspecified atom stereocenters. The quantitative estimate of drug-likeness (QED) is 0.914. The van der Waals surface area contributed by atoms with Gasteiger partial charge in [0.15, 0.2) is 0 Å². The average molecular weight is 274 g/mol. The van der Waals surface area contributed by atoms with Crippen LogP contribution in [0, 0.1) is 13.8 Å². The molecule has 0 atom stereocenters. The Balaban J connectivity index is 1.80. The summed E-state index contributed by atoms with van der Waals surface area (Å²) in [5.74, 6) is 0.319. The van der Waals surface area contributed by atoms with Gasteiger partial charge in [0.2, 0.25) is 5.91 Å². The molecule has 1 saturated heterocycles. The molecule has 1 aromatic rings. The standard InChI is InChI=1S/C17H26N2O/c1-14-7-8-15(2)16(13-14)5-3-6-17(20)19-11-4-9-18-10-12-19/h7-8,13,18H,3-6,9-12H2,1-2H3. The van der Waals surface area contributed by atoms with Crippen LogP contribution >= 0.6 is 0 Å². The van der Waals surface area contributed by atoms with Crippen molar-refractivity contribution in [2.45, 2.75) is 39.5 Å². The summed E-state index contributed by atoms with van der Waals surface area (Å²) < 4.78 is 0. The van der Waals surface area contributed by atoms with Crippen molar-refractivity contribution in [3.05, 3.63) is 34.9 Å². The minimum Gasteiger partial charge on any atom is -0.341 e. The molecule has 20 heavy (non-hydrogen) atoms. The van der Waals surface area contributed by atoms with Crippen molar-refractivity contribution >= 4 is 5.91 Å². The number of nitrogens with zero attached hydrogens (tertiary/aromatic N) is 1. The Hall–Kier alpha value is -1.35. The number of hydrogen-bond acceptors (Lipinski definition) is 2. The monoisotopic (exact) mass is 274 g/mol. The average Bonchev–Trinajstić information content (AvgIpc) is 2.71. The predicted octanol–water partition coefficient (Wildman–Crippen LogP) is 2.45. The number of amides is 1. The van der Waals surface area contributed by atoms with E-state index in [2.05, 4.69) is 37.4 Å². The second-order valence-corrected chi connectivity index (χ2v) is 5.77. The third-order valence-corrected chi connectivity index (χ3v) is 4.03. The first-order chi connectivity index (χ1) is 9.66. The van der Waals surface area contributed by atoms with Gasteiger partial charge in [0.25, 0.3) is 0 Å². The molecular formula is C17H26N2O. The highest BCUT2D eigenvalue weighted by molar-refractivity contribution is 5.76. The first-order valence-electron chi connectivity index (χ1n) is 7.71. The largest absolute Gasteiger partial charge is 0.341 e. The third kappa shape index (κ3) is 4.34. The summed E-state index contributed by atoms with van der Waals surface area (Å²) in [7, 11) is 0. The van der Waals surface area contributed by atoms with Crippen molar-refractivity contribution in [1.82, 2.24) is 10.2 Å². The molecule has 0 bridgehead atoms. The van der Waals surface area contributed by atoms with Crippen LogP contribution in [0.1, 0.15) is 36.0 Å². The molecule has 3 heteroatoms. The van der Waals surface area contributed by atoms with Gasteiger partial charge in [0.05, 0.1) is 0 Å². The summed E-state index contributed by atoms with van der Waals surface area (Å²) in [6.45, 7) is 8.02. The van der Waals surface area contributed by atoms with Crippen LogP contribution in [0.3, 0.4) is 0 Å². The summed E-state index contributed by atoms with van der Waals surface area (Å²) in [5, 5.41) is 3.33. The molecule has 1 N–H and O–H groups in total. The van der Waals surface area contributed by atoms with E-state index in [1.165, 1.54) is 16.7 Å². The fourth-order valence-corrected chi connectivity index (χ4v) is 2.75. The lowest BCUT2D eigenvalue weighted by Gasteiger charge is -2.20. The molecule has 1 aliphatic rings. The number of aryl methyl sites for hydroxylation is 3. The molecule has 1 aliphatic heterocycles.